The highest BCUT2D eigenvalue weighted by Crippen LogP contribution is 2.51. The molecule has 2 heterocycles. The Hall–Kier alpha value is -6.26. The molecule has 0 saturated heterocycles. The third-order valence-electron chi connectivity index (χ3n) is 9.78. The van der Waals surface area contributed by atoms with E-state index >= 15 is 0 Å². The predicted molar refractivity (Wildman–Crippen MR) is 200 cm³/mol. The van der Waals surface area contributed by atoms with E-state index < -0.39 is 0 Å². The van der Waals surface area contributed by atoms with Gasteiger partial charge in [0, 0.05) is 33.1 Å². The molecule has 49 heavy (non-hydrogen) atoms. The van der Waals surface area contributed by atoms with Gasteiger partial charge in [-0.1, -0.05) is 159 Å². The van der Waals surface area contributed by atoms with Crippen molar-refractivity contribution in [2.24, 2.45) is 0 Å². The normalized spacial score (nSPS) is 12.9. The molecule has 8 aromatic rings. The number of para-hydroxylation sites is 1. The van der Waals surface area contributed by atoms with Crippen LogP contribution in [0.15, 0.2) is 158 Å². The fraction of sp³-hybridized carbons (Fsp3) is 0.0667. The lowest BCUT2D eigenvalue weighted by molar-refractivity contribution is 0.660. The van der Waals surface area contributed by atoms with E-state index in [0.717, 1.165) is 44.4 Å². The first-order chi connectivity index (χ1) is 24.0. The molecule has 1 aliphatic carbocycles. The minimum Gasteiger partial charge on any atom is -0.248 e. The average Bonchev–Trinajstić information content (AvgIpc) is 3.41. The maximum absolute atomic E-state index is 5.26. The zero-order valence-corrected chi connectivity index (χ0v) is 27.3. The van der Waals surface area contributed by atoms with Crippen LogP contribution in [-0.2, 0) is 5.41 Å². The molecule has 2 aromatic heterocycles. The summed E-state index contributed by atoms with van der Waals surface area (Å²) in [5.74, 6) is 1.89. The number of fused-ring (bicyclic) bond motifs is 4. The molecule has 0 bridgehead atoms. The van der Waals surface area contributed by atoms with Crippen molar-refractivity contribution in [3.63, 3.8) is 0 Å². The van der Waals surface area contributed by atoms with Crippen LogP contribution >= 0.6 is 0 Å². The van der Waals surface area contributed by atoms with Gasteiger partial charge in [-0.3, -0.25) is 0 Å². The highest BCUT2D eigenvalue weighted by molar-refractivity contribution is 5.92. The van der Waals surface area contributed by atoms with Crippen LogP contribution in [0.3, 0.4) is 0 Å². The van der Waals surface area contributed by atoms with E-state index in [-0.39, 0.29) is 5.41 Å². The third kappa shape index (κ3) is 4.92. The predicted octanol–water partition coefficient (Wildman–Crippen LogP) is 11.1. The Morgan fingerprint density at radius 1 is 0.367 bits per heavy atom. The monoisotopic (exact) mass is 628 g/mol. The second-order valence-corrected chi connectivity index (χ2v) is 13.1. The molecule has 0 fully saturated rings. The Kier molecular flexibility index (Phi) is 6.77. The minimum absolute atomic E-state index is 0.137. The SMILES string of the molecule is CC1(C)c2ccccc2-c2c(-c3nc(-c4ccc(-c5ccccc5)cc4)nc(-c4ccccc4-c4ccc5ccccc5n4)n3)cccc21. The molecule has 0 radical (unpaired) electrons. The van der Waals surface area contributed by atoms with Crippen LogP contribution in [0.25, 0.3) is 78.6 Å². The number of hydrogen-bond donors (Lipinski definition) is 0. The Labute approximate surface area is 285 Å². The molecule has 1 aliphatic rings. The fourth-order valence-electron chi connectivity index (χ4n) is 7.25. The summed E-state index contributed by atoms with van der Waals surface area (Å²) in [5.41, 5.74) is 12.8. The van der Waals surface area contributed by atoms with Crippen molar-refractivity contribution in [3.8, 4) is 67.7 Å². The second kappa shape index (κ2) is 11.5. The molecule has 6 aromatic carbocycles. The van der Waals surface area contributed by atoms with Crippen molar-refractivity contribution in [1.82, 2.24) is 19.9 Å². The lowest BCUT2D eigenvalue weighted by Gasteiger charge is -2.21. The first kappa shape index (κ1) is 28.9. The van der Waals surface area contributed by atoms with Gasteiger partial charge in [0.2, 0.25) is 0 Å². The highest BCUT2D eigenvalue weighted by Gasteiger charge is 2.37. The van der Waals surface area contributed by atoms with Crippen LogP contribution in [-0.4, -0.2) is 19.9 Å². The van der Waals surface area contributed by atoms with Crippen LogP contribution < -0.4 is 0 Å². The molecular weight excluding hydrogens is 597 g/mol. The zero-order valence-electron chi connectivity index (χ0n) is 27.3. The van der Waals surface area contributed by atoms with Gasteiger partial charge in [0.25, 0.3) is 0 Å². The molecule has 0 aliphatic heterocycles. The van der Waals surface area contributed by atoms with Crippen molar-refractivity contribution in [2.75, 3.05) is 0 Å². The highest BCUT2D eigenvalue weighted by atomic mass is 15.0. The molecular formula is C45H32N4. The van der Waals surface area contributed by atoms with Crippen LogP contribution in [0, 0.1) is 0 Å². The van der Waals surface area contributed by atoms with E-state index in [9.17, 15) is 0 Å². The summed E-state index contributed by atoms with van der Waals surface area (Å²) in [4.78, 5) is 20.7. The van der Waals surface area contributed by atoms with E-state index in [1.54, 1.807) is 0 Å². The quantitative estimate of drug-likeness (QED) is 0.190. The van der Waals surface area contributed by atoms with E-state index in [1.807, 2.05) is 30.3 Å². The van der Waals surface area contributed by atoms with Crippen LogP contribution in [0.5, 0.6) is 0 Å². The van der Waals surface area contributed by atoms with Gasteiger partial charge in [0.1, 0.15) is 0 Å². The van der Waals surface area contributed by atoms with E-state index in [1.165, 1.54) is 27.8 Å². The molecule has 4 heteroatoms. The van der Waals surface area contributed by atoms with Crippen molar-refractivity contribution in [1.29, 1.82) is 0 Å². The van der Waals surface area contributed by atoms with E-state index in [4.69, 9.17) is 19.9 Å². The number of nitrogens with zero attached hydrogens (tertiary/aromatic N) is 4. The Morgan fingerprint density at radius 3 is 1.76 bits per heavy atom. The van der Waals surface area contributed by atoms with Crippen LogP contribution in [0.2, 0.25) is 0 Å². The molecule has 0 spiro atoms. The van der Waals surface area contributed by atoms with Gasteiger partial charge in [-0.25, -0.2) is 19.9 Å². The fourth-order valence-corrected chi connectivity index (χ4v) is 7.25. The van der Waals surface area contributed by atoms with Crippen molar-refractivity contribution in [3.05, 3.63) is 169 Å². The van der Waals surface area contributed by atoms with Gasteiger partial charge in [0.05, 0.1) is 11.2 Å². The van der Waals surface area contributed by atoms with Gasteiger partial charge < -0.3 is 0 Å². The molecule has 9 rings (SSSR count). The van der Waals surface area contributed by atoms with Crippen LogP contribution in [0.4, 0.5) is 0 Å². The van der Waals surface area contributed by atoms with Crippen molar-refractivity contribution >= 4 is 10.9 Å². The molecule has 0 amide bonds. The summed E-state index contributed by atoms with van der Waals surface area (Å²) in [6.07, 6.45) is 0. The molecule has 0 saturated carbocycles. The average molecular weight is 629 g/mol. The first-order valence-electron chi connectivity index (χ1n) is 16.7. The number of rotatable bonds is 5. The lowest BCUT2D eigenvalue weighted by Crippen LogP contribution is -2.14. The maximum atomic E-state index is 5.26. The number of benzene rings is 6. The molecule has 4 nitrogen and oxygen atoms in total. The molecule has 0 N–H and O–H groups in total. The second-order valence-electron chi connectivity index (χ2n) is 13.1. The van der Waals surface area contributed by atoms with E-state index in [0.29, 0.717) is 17.5 Å². The summed E-state index contributed by atoms with van der Waals surface area (Å²) in [6.45, 7) is 4.60. The van der Waals surface area contributed by atoms with Gasteiger partial charge in [0.15, 0.2) is 17.5 Å². The third-order valence-corrected chi connectivity index (χ3v) is 9.78. The number of hydrogen-bond acceptors (Lipinski definition) is 4. The maximum Gasteiger partial charge on any atom is 0.164 e. The van der Waals surface area contributed by atoms with Gasteiger partial charge in [-0.15, -0.1) is 0 Å². The smallest absolute Gasteiger partial charge is 0.164 e. The lowest BCUT2D eigenvalue weighted by atomic mass is 9.82. The van der Waals surface area contributed by atoms with Crippen molar-refractivity contribution < 1.29 is 0 Å². The zero-order chi connectivity index (χ0) is 33.0. The molecule has 0 unspecified atom stereocenters. The van der Waals surface area contributed by atoms with Crippen molar-refractivity contribution in [2.45, 2.75) is 19.3 Å². The Morgan fingerprint density at radius 2 is 0.939 bits per heavy atom. The number of aromatic nitrogens is 4. The summed E-state index contributed by atoms with van der Waals surface area (Å²) >= 11 is 0. The van der Waals surface area contributed by atoms with Gasteiger partial charge in [-0.05, 0) is 45.5 Å². The summed E-state index contributed by atoms with van der Waals surface area (Å²) in [5, 5.41) is 1.11. The summed E-state index contributed by atoms with van der Waals surface area (Å²) in [6, 6.07) is 54.8. The summed E-state index contributed by atoms with van der Waals surface area (Å²) < 4.78 is 0. The standard InChI is InChI=1S/C45H32N4/c1-45(2)37-20-10-9-18-35(37)41-36(19-12-21-38(41)45)44-48-42(32-25-23-30(24-26-32)29-13-4-3-5-14-29)47-43(49-44)34-17-8-7-16-33(34)40-28-27-31-15-6-11-22-39(31)46-40/h3-28H,1-2H3. The Balaban J connectivity index is 1.26. The molecule has 0 atom stereocenters. The molecule has 232 valence electrons. The largest absolute Gasteiger partial charge is 0.248 e. The first-order valence-corrected chi connectivity index (χ1v) is 16.7. The van der Waals surface area contributed by atoms with E-state index in [2.05, 4.69) is 141 Å². The van der Waals surface area contributed by atoms with Gasteiger partial charge >= 0.3 is 0 Å². The van der Waals surface area contributed by atoms with Crippen LogP contribution in [0.1, 0.15) is 25.0 Å². The topological polar surface area (TPSA) is 51.6 Å². The summed E-state index contributed by atoms with van der Waals surface area (Å²) in [7, 11) is 0. The van der Waals surface area contributed by atoms with Gasteiger partial charge in [-0.2, -0.15) is 0 Å². The minimum atomic E-state index is -0.137. The Bertz CT molecular complexity index is 2520. The number of pyridine rings is 1.